The molecular formula is C4H7BN3. The highest BCUT2D eigenvalue weighted by Crippen LogP contribution is 1.58. The summed E-state index contributed by atoms with van der Waals surface area (Å²) in [5.74, 6) is 0. The number of rotatable bonds is 0. The fourth-order valence-corrected chi connectivity index (χ4v) is 0.502. The van der Waals surface area contributed by atoms with Crippen LogP contribution in [0.2, 0.25) is 0 Å². The minimum Gasteiger partial charge on any atom is -0.479 e. The lowest BCUT2D eigenvalue weighted by molar-refractivity contribution is -0.654. The molecule has 1 aromatic rings. The van der Waals surface area contributed by atoms with Gasteiger partial charge in [0.05, 0.1) is 14.1 Å². The molecule has 0 aromatic carbocycles. The normalized spacial score (nSPS) is 9.88. The summed E-state index contributed by atoms with van der Waals surface area (Å²) in [6.45, 7) is 0. The molecule has 0 saturated heterocycles. The van der Waals surface area contributed by atoms with Gasteiger partial charge >= 0.3 is 0 Å². The van der Waals surface area contributed by atoms with E-state index in [1.165, 1.54) is 0 Å². The molecule has 4 heteroatoms. The molecule has 0 amide bonds. The lowest BCUT2D eigenvalue weighted by atomic mass is 10.1. The molecule has 0 saturated carbocycles. The van der Waals surface area contributed by atoms with Crippen LogP contribution in [0.25, 0.3) is 0 Å². The van der Waals surface area contributed by atoms with Gasteiger partial charge in [-0.2, -0.15) is 4.68 Å². The van der Waals surface area contributed by atoms with E-state index >= 15 is 0 Å². The molecule has 1 heterocycles. The molecule has 0 fully saturated rings. The summed E-state index contributed by atoms with van der Waals surface area (Å²) in [5, 5.41) is 3.87. The van der Waals surface area contributed by atoms with Gasteiger partial charge in [-0.3, -0.25) is 4.57 Å². The van der Waals surface area contributed by atoms with Gasteiger partial charge in [0.15, 0.2) is 0 Å². The first-order chi connectivity index (χ1) is 3.72. The largest absolute Gasteiger partial charge is 0.479 e. The average molecular weight is 108 g/mol. The Labute approximate surface area is 49.3 Å². The van der Waals surface area contributed by atoms with Gasteiger partial charge in [0.2, 0.25) is 0 Å². The molecule has 0 atom stereocenters. The van der Waals surface area contributed by atoms with Crippen LogP contribution >= 0.6 is 0 Å². The monoisotopic (exact) mass is 108 g/mol. The van der Waals surface area contributed by atoms with Crippen molar-refractivity contribution in [3.63, 3.8) is 0 Å². The van der Waals surface area contributed by atoms with Crippen molar-refractivity contribution >= 4 is 13.6 Å². The zero-order chi connectivity index (χ0) is 6.15. The molecule has 1 aromatic heterocycles. The number of hydrogen-bond donors (Lipinski definition) is 0. The van der Waals surface area contributed by atoms with E-state index in [0.29, 0.717) is 5.72 Å². The fourth-order valence-electron chi connectivity index (χ4n) is 0.502. The Kier molecular flexibility index (Phi) is 1.08. The predicted octanol–water partition coefficient (Wildman–Crippen LogP) is -1.96. The molecule has 0 aliphatic rings. The van der Waals surface area contributed by atoms with Gasteiger partial charge in [0.1, 0.15) is 0 Å². The maximum absolute atomic E-state index is 5.47. The zero-order valence-electron chi connectivity index (χ0n) is 5.00. The van der Waals surface area contributed by atoms with E-state index in [9.17, 15) is 0 Å². The lowest BCUT2D eigenvalue weighted by Gasteiger charge is -1.99. The van der Waals surface area contributed by atoms with Crippen molar-refractivity contribution in [3.8, 4) is 0 Å². The molecule has 41 valence electrons. The molecule has 3 radical (unpaired) electrons. The molecule has 1 rings (SSSR count). The summed E-state index contributed by atoms with van der Waals surface area (Å²) in [4.78, 5) is 0. The van der Waals surface area contributed by atoms with Crippen LogP contribution in [0.5, 0.6) is 0 Å². The second-order valence-electron chi connectivity index (χ2n) is 1.72. The Hall–Kier alpha value is -0.795. The van der Waals surface area contributed by atoms with Crippen molar-refractivity contribution in [1.82, 2.24) is 9.78 Å². The summed E-state index contributed by atoms with van der Waals surface area (Å²) in [7, 11) is 9.12. The lowest BCUT2D eigenvalue weighted by Crippen LogP contribution is -2.45. The zero-order valence-corrected chi connectivity index (χ0v) is 5.00. The molecule has 0 bridgehead atoms. The van der Waals surface area contributed by atoms with Crippen LogP contribution < -0.4 is 10.3 Å². The van der Waals surface area contributed by atoms with Crippen LogP contribution in [0.3, 0.4) is 0 Å². The maximum atomic E-state index is 5.47. The minimum atomic E-state index is 0.657. The molecule has 0 spiro atoms. The van der Waals surface area contributed by atoms with Crippen molar-refractivity contribution in [2.45, 2.75) is 0 Å². The Morgan fingerprint density at radius 1 is 1.88 bits per heavy atom. The molecule has 0 aliphatic heterocycles. The summed E-state index contributed by atoms with van der Waals surface area (Å²) in [6, 6.07) is 0. The van der Waals surface area contributed by atoms with Crippen LogP contribution in [0, 0.1) is 0 Å². The van der Waals surface area contributed by atoms with Crippen LogP contribution in [-0.4, -0.2) is 17.6 Å². The Morgan fingerprint density at radius 2 is 2.50 bits per heavy atom. The van der Waals surface area contributed by atoms with Gasteiger partial charge in [0.25, 0.3) is 6.33 Å². The summed E-state index contributed by atoms with van der Waals surface area (Å²) in [6.07, 6.45) is 1.66. The molecule has 0 aliphatic carbocycles. The van der Waals surface area contributed by atoms with E-state index in [1.807, 2.05) is 7.05 Å². The van der Waals surface area contributed by atoms with Crippen molar-refractivity contribution in [1.29, 1.82) is 0 Å². The van der Waals surface area contributed by atoms with Crippen molar-refractivity contribution in [3.05, 3.63) is 6.33 Å². The third-order valence-corrected chi connectivity index (χ3v) is 1.09. The number of aryl methyl sites for hydroxylation is 2. The van der Waals surface area contributed by atoms with Gasteiger partial charge < -0.3 is 7.85 Å². The molecule has 8 heavy (non-hydrogen) atoms. The first-order valence-electron chi connectivity index (χ1n) is 2.35. The minimum absolute atomic E-state index is 0.657. The summed E-state index contributed by atoms with van der Waals surface area (Å²) >= 11 is 0. The Morgan fingerprint density at radius 3 is 2.62 bits per heavy atom. The highest BCUT2D eigenvalue weighted by molar-refractivity contribution is 6.27. The van der Waals surface area contributed by atoms with Gasteiger partial charge in [-0.25, -0.2) is 0 Å². The fraction of sp³-hybridized carbons (Fsp3) is 0.500. The molecule has 0 N–H and O–H groups in total. The SMILES string of the molecule is [B-]c1n(C)nc[n+]1C. The Bertz CT molecular complexity index is 174. The molecule has 0 unspecified atom stereocenters. The third-order valence-electron chi connectivity index (χ3n) is 1.09. The van der Waals surface area contributed by atoms with Crippen LogP contribution in [0.1, 0.15) is 0 Å². The van der Waals surface area contributed by atoms with E-state index in [-0.39, 0.29) is 0 Å². The van der Waals surface area contributed by atoms with Gasteiger partial charge in [-0.1, -0.05) is 0 Å². The topological polar surface area (TPSA) is 21.7 Å². The number of aromatic nitrogens is 3. The van der Waals surface area contributed by atoms with Crippen LogP contribution in [0.15, 0.2) is 6.33 Å². The standard InChI is InChI=1S/C4H7BN3/c1-7-3-6-8(2)4(7)5/h3H,1-2H3. The van der Waals surface area contributed by atoms with E-state index in [4.69, 9.17) is 7.85 Å². The third kappa shape index (κ3) is 0.618. The highest BCUT2D eigenvalue weighted by atomic mass is 15.3. The maximum Gasteiger partial charge on any atom is 0.261 e. The highest BCUT2D eigenvalue weighted by Gasteiger charge is 1.91. The van der Waals surface area contributed by atoms with Gasteiger partial charge in [-0.05, 0) is 5.72 Å². The van der Waals surface area contributed by atoms with E-state index in [0.717, 1.165) is 0 Å². The van der Waals surface area contributed by atoms with Gasteiger partial charge in [0, 0.05) is 5.10 Å². The van der Waals surface area contributed by atoms with E-state index in [2.05, 4.69) is 5.10 Å². The van der Waals surface area contributed by atoms with Gasteiger partial charge in [-0.15, -0.1) is 0 Å². The van der Waals surface area contributed by atoms with Crippen LogP contribution in [-0.2, 0) is 14.1 Å². The average Bonchev–Trinajstić information content (AvgIpc) is 1.98. The predicted molar refractivity (Wildman–Crippen MR) is 29.8 cm³/mol. The van der Waals surface area contributed by atoms with E-state index in [1.54, 1.807) is 22.6 Å². The summed E-state index contributed by atoms with van der Waals surface area (Å²) < 4.78 is 3.36. The van der Waals surface area contributed by atoms with Crippen molar-refractivity contribution < 1.29 is 4.57 Å². The first-order valence-corrected chi connectivity index (χ1v) is 2.35. The number of hydrogen-bond acceptors (Lipinski definition) is 1. The van der Waals surface area contributed by atoms with E-state index < -0.39 is 0 Å². The van der Waals surface area contributed by atoms with Crippen LogP contribution in [0.4, 0.5) is 0 Å². The Balaban J connectivity index is 3.19. The second kappa shape index (κ2) is 1.61. The van der Waals surface area contributed by atoms with Crippen molar-refractivity contribution in [2.75, 3.05) is 0 Å². The smallest absolute Gasteiger partial charge is 0.261 e. The number of nitrogens with zero attached hydrogens (tertiary/aromatic N) is 3. The quantitative estimate of drug-likeness (QED) is 0.279. The molecule has 3 nitrogen and oxygen atoms in total. The molecular weight excluding hydrogens is 101 g/mol. The first kappa shape index (κ1) is 5.34. The van der Waals surface area contributed by atoms with Crippen molar-refractivity contribution in [2.24, 2.45) is 14.1 Å². The second-order valence-corrected chi connectivity index (χ2v) is 1.72. The summed E-state index contributed by atoms with van der Waals surface area (Å²) in [5.41, 5.74) is 0.657.